The van der Waals surface area contributed by atoms with Crippen molar-refractivity contribution in [3.05, 3.63) is 65.1 Å². The van der Waals surface area contributed by atoms with Gasteiger partial charge >= 0.3 is 5.97 Å². The summed E-state index contributed by atoms with van der Waals surface area (Å²) >= 11 is 0. The van der Waals surface area contributed by atoms with Crippen LogP contribution in [0.15, 0.2) is 46.9 Å². The normalized spacial score (nSPS) is 13.9. The van der Waals surface area contributed by atoms with Gasteiger partial charge in [0.25, 0.3) is 0 Å². The SMILES string of the molecule is COC(=O)CCC1=CCCc2c(OCCc3nc(-c4ccc5c(c4)OCO5)oc3C)cccc21. The molecule has 0 radical (unpaired) electrons. The molecule has 0 unspecified atom stereocenters. The first kappa shape index (κ1) is 22.1. The van der Waals surface area contributed by atoms with Gasteiger partial charge in [-0.15, -0.1) is 0 Å². The van der Waals surface area contributed by atoms with Crippen LogP contribution in [0.3, 0.4) is 0 Å². The van der Waals surface area contributed by atoms with Gasteiger partial charge in [0.1, 0.15) is 11.5 Å². The molecule has 0 bridgehead atoms. The van der Waals surface area contributed by atoms with Crippen LogP contribution in [-0.4, -0.2) is 31.5 Å². The van der Waals surface area contributed by atoms with Crippen molar-refractivity contribution in [1.29, 1.82) is 0 Å². The zero-order chi connectivity index (χ0) is 23.5. The van der Waals surface area contributed by atoms with Crippen molar-refractivity contribution in [3.8, 4) is 28.7 Å². The standard InChI is InChI=1S/C27H27NO6/c1-17-22(28-27(34-17)19-9-11-24-25(15-19)33-16-32-24)13-14-31-23-8-4-6-20-18(5-3-7-21(20)23)10-12-26(29)30-2/h4-6,8-9,11,15H,3,7,10,12-14,16H2,1-2H3. The van der Waals surface area contributed by atoms with Crippen LogP contribution in [0, 0.1) is 6.92 Å². The third-order valence-corrected chi connectivity index (χ3v) is 6.20. The summed E-state index contributed by atoms with van der Waals surface area (Å²) in [4.78, 5) is 16.3. The van der Waals surface area contributed by atoms with E-state index in [-0.39, 0.29) is 12.8 Å². The average Bonchev–Trinajstić information content (AvgIpc) is 3.48. The van der Waals surface area contributed by atoms with Crippen molar-refractivity contribution < 1.29 is 28.2 Å². The molecule has 0 spiro atoms. The van der Waals surface area contributed by atoms with E-state index in [0.717, 1.165) is 46.9 Å². The fourth-order valence-corrected chi connectivity index (χ4v) is 4.41. The highest BCUT2D eigenvalue weighted by Gasteiger charge is 2.19. The second-order valence-corrected chi connectivity index (χ2v) is 8.31. The average molecular weight is 462 g/mol. The van der Waals surface area contributed by atoms with E-state index in [4.69, 9.17) is 23.4 Å². The Balaban J connectivity index is 1.25. The molecule has 2 aromatic carbocycles. The van der Waals surface area contributed by atoms with E-state index in [9.17, 15) is 4.79 Å². The van der Waals surface area contributed by atoms with Gasteiger partial charge in [-0.05, 0) is 61.6 Å². The van der Waals surface area contributed by atoms with Gasteiger partial charge in [0.2, 0.25) is 12.7 Å². The highest BCUT2D eigenvalue weighted by Crippen LogP contribution is 2.37. The maximum absolute atomic E-state index is 11.6. The van der Waals surface area contributed by atoms with E-state index < -0.39 is 0 Å². The highest BCUT2D eigenvalue weighted by molar-refractivity contribution is 5.77. The van der Waals surface area contributed by atoms with E-state index in [1.165, 1.54) is 18.2 Å². The van der Waals surface area contributed by atoms with Crippen LogP contribution >= 0.6 is 0 Å². The van der Waals surface area contributed by atoms with Gasteiger partial charge < -0.3 is 23.4 Å². The van der Waals surface area contributed by atoms with Gasteiger partial charge in [0.15, 0.2) is 11.5 Å². The molecule has 0 amide bonds. The Morgan fingerprint density at radius 1 is 1.12 bits per heavy atom. The van der Waals surface area contributed by atoms with Crippen LogP contribution < -0.4 is 14.2 Å². The monoisotopic (exact) mass is 461 g/mol. The lowest BCUT2D eigenvalue weighted by atomic mass is 9.88. The number of fused-ring (bicyclic) bond motifs is 2. The van der Waals surface area contributed by atoms with Crippen molar-refractivity contribution in [2.75, 3.05) is 20.5 Å². The second-order valence-electron chi connectivity index (χ2n) is 8.31. The first-order valence-electron chi connectivity index (χ1n) is 11.5. The Morgan fingerprint density at radius 3 is 2.88 bits per heavy atom. The number of carbonyl (C=O) groups is 1. The molecule has 34 heavy (non-hydrogen) atoms. The smallest absolute Gasteiger partial charge is 0.305 e. The molecule has 7 nitrogen and oxygen atoms in total. The number of aromatic nitrogens is 1. The number of allylic oxidation sites excluding steroid dienone is 2. The van der Waals surface area contributed by atoms with Crippen molar-refractivity contribution in [2.24, 2.45) is 0 Å². The highest BCUT2D eigenvalue weighted by atomic mass is 16.7. The molecule has 0 saturated carbocycles. The van der Waals surface area contributed by atoms with E-state index in [2.05, 4.69) is 17.1 Å². The van der Waals surface area contributed by atoms with Gasteiger partial charge in [-0.3, -0.25) is 4.79 Å². The van der Waals surface area contributed by atoms with E-state index in [0.29, 0.717) is 37.5 Å². The maximum Gasteiger partial charge on any atom is 0.305 e. The summed E-state index contributed by atoms with van der Waals surface area (Å²) in [5.74, 6) is 3.46. The molecule has 5 rings (SSSR count). The molecular formula is C27H27NO6. The number of benzene rings is 2. The summed E-state index contributed by atoms with van der Waals surface area (Å²) < 4.78 is 27.7. The number of ether oxygens (including phenoxy) is 4. The summed E-state index contributed by atoms with van der Waals surface area (Å²) in [6, 6.07) is 11.8. The molecule has 0 atom stereocenters. The van der Waals surface area contributed by atoms with Crippen molar-refractivity contribution in [3.63, 3.8) is 0 Å². The van der Waals surface area contributed by atoms with Gasteiger partial charge in [-0.25, -0.2) is 4.98 Å². The number of hydrogen-bond acceptors (Lipinski definition) is 7. The summed E-state index contributed by atoms with van der Waals surface area (Å²) in [6.45, 7) is 2.64. The number of aryl methyl sites for hydroxylation is 1. The molecule has 1 aromatic heterocycles. The number of nitrogens with zero attached hydrogens (tertiary/aromatic N) is 1. The Bertz CT molecular complexity index is 1240. The van der Waals surface area contributed by atoms with Gasteiger partial charge in [-0.2, -0.15) is 0 Å². The van der Waals surface area contributed by atoms with Crippen LogP contribution in [0.1, 0.15) is 41.8 Å². The first-order valence-corrected chi connectivity index (χ1v) is 11.5. The van der Waals surface area contributed by atoms with E-state index >= 15 is 0 Å². The summed E-state index contributed by atoms with van der Waals surface area (Å²) in [5.41, 5.74) is 5.26. The minimum Gasteiger partial charge on any atom is -0.493 e. The minimum absolute atomic E-state index is 0.191. The third kappa shape index (κ3) is 4.51. The van der Waals surface area contributed by atoms with E-state index in [1.807, 2.05) is 37.3 Å². The van der Waals surface area contributed by atoms with Gasteiger partial charge in [-0.1, -0.05) is 18.2 Å². The predicted octanol–water partition coefficient (Wildman–Crippen LogP) is 5.28. The van der Waals surface area contributed by atoms with Crippen molar-refractivity contribution in [1.82, 2.24) is 4.98 Å². The fourth-order valence-electron chi connectivity index (χ4n) is 4.41. The van der Waals surface area contributed by atoms with Crippen LogP contribution in [0.5, 0.6) is 17.2 Å². The maximum atomic E-state index is 11.6. The van der Waals surface area contributed by atoms with Crippen molar-refractivity contribution >= 4 is 11.5 Å². The largest absolute Gasteiger partial charge is 0.493 e. The van der Waals surface area contributed by atoms with E-state index in [1.54, 1.807) is 0 Å². The molecule has 1 aliphatic carbocycles. The second kappa shape index (κ2) is 9.63. The quantitative estimate of drug-likeness (QED) is 0.422. The minimum atomic E-state index is -0.191. The lowest BCUT2D eigenvalue weighted by molar-refractivity contribution is -0.140. The molecule has 2 aliphatic rings. The zero-order valence-electron chi connectivity index (χ0n) is 19.4. The lowest BCUT2D eigenvalue weighted by Gasteiger charge is -2.21. The summed E-state index contributed by atoms with van der Waals surface area (Å²) in [6.07, 6.45) is 5.75. The molecule has 7 heteroatoms. The Labute approximate surface area is 198 Å². The molecular weight excluding hydrogens is 434 g/mol. The number of oxazole rings is 1. The number of carbonyl (C=O) groups excluding carboxylic acids is 1. The molecule has 176 valence electrons. The lowest BCUT2D eigenvalue weighted by Crippen LogP contribution is -2.08. The topological polar surface area (TPSA) is 80.0 Å². The van der Waals surface area contributed by atoms with Gasteiger partial charge in [0, 0.05) is 24.0 Å². The molecule has 1 aliphatic heterocycles. The molecule has 3 aromatic rings. The van der Waals surface area contributed by atoms with Crippen LogP contribution in [0.2, 0.25) is 0 Å². The molecule has 0 fully saturated rings. The molecule has 0 saturated heterocycles. The van der Waals surface area contributed by atoms with Crippen LogP contribution in [0.4, 0.5) is 0 Å². The Hall–Kier alpha value is -3.74. The predicted molar refractivity (Wildman–Crippen MR) is 126 cm³/mol. The third-order valence-electron chi connectivity index (χ3n) is 6.20. The zero-order valence-corrected chi connectivity index (χ0v) is 19.4. The van der Waals surface area contributed by atoms with Crippen LogP contribution in [0.25, 0.3) is 17.0 Å². The number of esters is 1. The Morgan fingerprint density at radius 2 is 2.00 bits per heavy atom. The van der Waals surface area contributed by atoms with Crippen LogP contribution in [-0.2, 0) is 22.4 Å². The summed E-state index contributed by atoms with van der Waals surface area (Å²) in [5, 5.41) is 0. The Kier molecular flexibility index (Phi) is 6.25. The number of rotatable bonds is 8. The van der Waals surface area contributed by atoms with Crippen molar-refractivity contribution in [2.45, 2.75) is 39.0 Å². The summed E-state index contributed by atoms with van der Waals surface area (Å²) in [7, 11) is 1.42. The number of hydrogen-bond donors (Lipinski definition) is 0. The first-order chi connectivity index (χ1) is 16.6. The molecule has 2 heterocycles. The van der Waals surface area contributed by atoms with Gasteiger partial charge in [0.05, 0.1) is 19.4 Å². The fraction of sp³-hybridized carbons (Fsp3) is 0.333. The molecule has 0 N–H and O–H groups in total. The number of methoxy groups -OCH3 is 1.